The molecule has 0 heterocycles. The average molecular weight is 311 g/mol. The minimum atomic E-state index is -1.03. The summed E-state index contributed by atoms with van der Waals surface area (Å²) in [6, 6.07) is 13.8. The maximum atomic E-state index is 6.24. The SMILES string of the molecule is C[SiH](C)CC(C)(C[SiH](C)O[SiH](C)C)c1ccccc1. The van der Waals surface area contributed by atoms with Crippen molar-refractivity contribution in [2.75, 3.05) is 0 Å². The molecule has 0 amide bonds. The van der Waals surface area contributed by atoms with Gasteiger partial charge in [-0.25, -0.2) is 0 Å². The zero-order chi connectivity index (χ0) is 14.5. The van der Waals surface area contributed by atoms with Crippen molar-refractivity contribution >= 4 is 26.9 Å². The number of hydrogen-bond acceptors (Lipinski definition) is 1. The molecule has 1 aromatic carbocycles. The van der Waals surface area contributed by atoms with E-state index in [-0.39, 0.29) is 0 Å². The molecule has 2 unspecified atom stereocenters. The molecule has 1 aromatic rings. The van der Waals surface area contributed by atoms with Crippen LogP contribution in [0.15, 0.2) is 30.3 Å². The topological polar surface area (TPSA) is 9.23 Å². The summed E-state index contributed by atoms with van der Waals surface area (Å²) < 4.78 is 6.24. The third-order valence-electron chi connectivity index (χ3n) is 3.57. The zero-order valence-corrected chi connectivity index (χ0v) is 16.9. The zero-order valence-electron chi connectivity index (χ0n) is 13.4. The third-order valence-corrected chi connectivity index (χ3v) is 10.8. The van der Waals surface area contributed by atoms with Gasteiger partial charge in [-0.05, 0) is 36.7 Å². The molecule has 0 spiro atoms. The summed E-state index contributed by atoms with van der Waals surface area (Å²) in [6.45, 7) is 14.4. The van der Waals surface area contributed by atoms with Gasteiger partial charge < -0.3 is 4.12 Å². The van der Waals surface area contributed by atoms with E-state index in [1.807, 2.05) is 0 Å². The maximum Gasteiger partial charge on any atom is 0.160 e. The van der Waals surface area contributed by atoms with E-state index in [0.29, 0.717) is 5.41 Å². The standard InChI is InChI=1S/C15H30OSi3/c1-15(12-17(2)3,13-19(6)16-18(4)5)14-10-8-7-9-11-14/h7-11,17-19H,12-13H2,1-6H3. The van der Waals surface area contributed by atoms with Gasteiger partial charge in [-0.15, -0.1) is 0 Å². The number of hydrogen-bond donors (Lipinski definition) is 0. The van der Waals surface area contributed by atoms with Gasteiger partial charge in [-0.1, -0.05) is 56.4 Å². The van der Waals surface area contributed by atoms with Gasteiger partial charge in [-0.2, -0.15) is 0 Å². The Balaban J connectivity index is 2.87. The Morgan fingerprint density at radius 1 is 0.947 bits per heavy atom. The smallest absolute Gasteiger partial charge is 0.160 e. The fourth-order valence-electron chi connectivity index (χ4n) is 3.21. The predicted molar refractivity (Wildman–Crippen MR) is 95.3 cm³/mol. The second kappa shape index (κ2) is 7.57. The molecule has 1 nitrogen and oxygen atoms in total. The quantitative estimate of drug-likeness (QED) is 0.696. The summed E-state index contributed by atoms with van der Waals surface area (Å²) in [4.78, 5) is 0. The van der Waals surface area contributed by atoms with Crippen LogP contribution in [0.4, 0.5) is 0 Å². The lowest BCUT2D eigenvalue weighted by molar-refractivity contribution is 0.524. The molecule has 0 aromatic heterocycles. The summed E-state index contributed by atoms with van der Waals surface area (Å²) >= 11 is 0. The third kappa shape index (κ3) is 5.77. The van der Waals surface area contributed by atoms with Crippen LogP contribution in [0.5, 0.6) is 0 Å². The van der Waals surface area contributed by atoms with Crippen molar-refractivity contribution < 1.29 is 4.12 Å². The van der Waals surface area contributed by atoms with E-state index >= 15 is 0 Å². The van der Waals surface area contributed by atoms with Crippen LogP contribution >= 0.6 is 0 Å². The number of benzene rings is 1. The lowest BCUT2D eigenvalue weighted by Gasteiger charge is -2.34. The van der Waals surface area contributed by atoms with Crippen molar-refractivity contribution in [2.45, 2.75) is 57.2 Å². The Labute approximate surface area is 124 Å². The second-order valence-electron chi connectivity index (χ2n) is 6.72. The Morgan fingerprint density at radius 3 is 2.00 bits per heavy atom. The molecular formula is C15H30OSi3. The maximum absolute atomic E-state index is 6.24. The molecule has 0 saturated carbocycles. The fourth-order valence-corrected chi connectivity index (χ4v) is 11.5. The highest BCUT2D eigenvalue weighted by atomic mass is 28.4. The summed E-state index contributed by atoms with van der Waals surface area (Å²) in [5.74, 6) is 0. The van der Waals surface area contributed by atoms with E-state index in [9.17, 15) is 0 Å². The molecule has 0 fully saturated rings. The molecule has 0 aliphatic rings. The molecule has 2 atom stereocenters. The van der Waals surface area contributed by atoms with Crippen LogP contribution < -0.4 is 0 Å². The normalized spacial score (nSPS) is 16.6. The van der Waals surface area contributed by atoms with E-state index in [4.69, 9.17) is 4.12 Å². The predicted octanol–water partition coefficient (Wildman–Crippen LogP) is 3.78. The summed E-state index contributed by atoms with van der Waals surface area (Å²) in [7, 11) is -2.49. The molecule has 0 radical (unpaired) electrons. The molecule has 4 heteroatoms. The van der Waals surface area contributed by atoms with Gasteiger partial charge in [0.15, 0.2) is 18.1 Å². The van der Waals surface area contributed by atoms with Crippen molar-refractivity contribution in [2.24, 2.45) is 0 Å². The van der Waals surface area contributed by atoms with Crippen LogP contribution in [-0.4, -0.2) is 26.9 Å². The van der Waals surface area contributed by atoms with Crippen LogP contribution in [0.3, 0.4) is 0 Å². The van der Waals surface area contributed by atoms with Gasteiger partial charge in [0.1, 0.15) is 0 Å². The molecule has 0 aliphatic heterocycles. The Hall–Kier alpha value is -0.169. The first kappa shape index (κ1) is 16.9. The van der Waals surface area contributed by atoms with Gasteiger partial charge in [0.2, 0.25) is 0 Å². The van der Waals surface area contributed by atoms with Crippen molar-refractivity contribution in [1.29, 1.82) is 0 Å². The van der Waals surface area contributed by atoms with Gasteiger partial charge in [-0.3, -0.25) is 0 Å². The molecule has 108 valence electrons. The second-order valence-corrected chi connectivity index (χ2v) is 15.1. The van der Waals surface area contributed by atoms with E-state index in [2.05, 4.69) is 70.0 Å². The summed E-state index contributed by atoms with van der Waals surface area (Å²) in [5, 5.41) is 0. The number of rotatable bonds is 7. The van der Waals surface area contributed by atoms with Crippen molar-refractivity contribution in [3.05, 3.63) is 35.9 Å². The van der Waals surface area contributed by atoms with Gasteiger partial charge in [0.05, 0.1) is 0 Å². The Bertz CT molecular complexity index is 367. The molecule has 19 heavy (non-hydrogen) atoms. The lowest BCUT2D eigenvalue weighted by atomic mass is 9.86. The van der Waals surface area contributed by atoms with Crippen molar-refractivity contribution in [3.63, 3.8) is 0 Å². The molecular weight excluding hydrogens is 280 g/mol. The highest BCUT2D eigenvalue weighted by Crippen LogP contribution is 2.35. The summed E-state index contributed by atoms with van der Waals surface area (Å²) in [6.07, 6.45) is 0. The van der Waals surface area contributed by atoms with E-state index in [1.165, 1.54) is 17.7 Å². The summed E-state index contributed by atoms with van der Waals surface area (Å²) in [5.41, 5.74) is 1.86. The lowest BCUT2D eigenvalue weighted by Crippen LogP contribution is -2.34. The van der Waals surface area contributed by atoms with Crippen LogP contribution in [0, 0.1) is 0 Å². The molecule has 1 rings (SSSR count). The molecule has 0 saturated heterocycles. The van der Waals surface area contributed by atoms with Crippen LogP contribution in [-0.2, 0) is 9.53 Å². The Kier molecular flexibility index (Phi) is 6.73. The monoisotopic (exact) mass is 310 g/mol. The van der Waals surface area contributed by atoms with Crippen LogP contribution in [0.1, 0.15) is 12.5 Å². The first-order chi connectivity index (χ1) is 8.83. The van der Waals surface area contributed by atoms with Gasteiger partial charge in [0.25, 0.3) is 0 Å². The van der Waals surface area contributed by atoms with Gasteiger partial charge >= 0.3 is 0 Å². The minimum Gasteiger partial charge on any atom is -0.460 e. The first-order valence-electron chi connectivity index (χ1n) is 7.54. The van der Waals surface area contributed by atoms with E-state index in [0.717, 1.165) is 0 Å². The average Bonchev–Trinajstić information content (AvgIpc) is 2.27. The van der Waals surface area contributed by atoms with Crippen molar-refractivity contribution in [3.8, 4) is 0 Å². The van der Waals surface area contributed by atoms with Gasteiger partial charge in [0, 0.05) is 8.80 Å². The first-order valence-corrected chi connectivity index (χ1v) is 15.9. The molecule has 0 N–H and O–H groups in total. The molecule has 0 aliphatic carbocycles. The minimum absolute atomic E-state index is 0.344. The van der Waals surface area contributed by atoms with Crippen molar-refractivity contribution in [1.82, 2.24) is 0 Å². The largest absolute Gasteiger partial charge is 0.460 e. The van der Waals surface area contributed by atoms with E-state index < -0.39 is 26.9 Å². The molecule has 0 bridgehead atoms. The highest BCUT2D eigenvalue weighted by Gasteiger charge is 2.30. The fraction of sp³-hybridized carbons (Fsp3) is 0.600. The van der Waals surface area contributed by atoms with Crippen LogP contribution in [0.25, 0.3) is 0 Å². The highest BCUT2D eigenvalue weighted by molar-refractivity contribution is 6.64. The van der Waals surface area contributed by atoms with Crippen LogP contribution in [0.2, 0.25) is 44.8 Å². The Morgan fingerprint density at radius 2 is 1.53 bits per heavy atom. The van der Waals surface area contributed by atoms with E-state index in [1.54, 1.807) is 0 Å².